The molecule has 5 nitrogen and oxygen atoms in total. The molecule has 0 radical (unpaired) electrons. The molecule has 1 unspecified atom stereocenters. The third kappa shape index (κ3) is 5.35. The van der Waals surface area contributed by atoms with Crippen molar-refractivity contribution in [3.63, 3.8) is 0 Å². The summed E-state index contributed by atoms with van der Waals surface area (Å²) in [5.74, 6) is -0.466. The SMILES string of the molecule is Cc1cc(NC(=O)C(C)(C)C)sc1C(=O)NC1CCCN(c2cccc(F)c2)C1. The van der Waals surface area contributed by atoms with Crippen molar-refractivity contribution in [1.82, 2.24) is 5.32 Å². The van der Waals surface area contributed by atoms with Crippen LogP contribution in [0.5, 0.6) is 0 Å². The third-order valence-corrected chi connectivity index (χ3v) is 6.12. The minimum atomic E-state index is -0.497. The van der Waals surface area contributed by atoms with Crippen molar-refractivity contribution < 1.29 is 14.0 Å². The highest BCUT2D eigenvalue weighted by Gasteiger charge is 2.25. The number of rotatable bonds is 4. The first-order valence-corrected chi connectivity index (χ1v) is 10.7. The predicted octanol–water partition coefficient (Wildman–Crippen LogP) is 4.58. The third-order valence-electron chi connectivity index (χ3n) is 4.97. The van der Waals surface area contributed by atoms with Gasteiger partial charge in [0, 0.05) is 30.2 Å². The van der Waals surface area contributed by atoms with Crippen molar-refractivity contribution in [3.05, 3.63) is 46.6 Å². The number of hydrogen-bond acceptors (Lipinski definition) is 4. The number of benzene rings is 1. The Morgan fingerprint density at radius 3 is 2.69 bits per heavy atom. The Morgan fingerprint density at radius 2 is 2.00 bits per heavy atom. The molecule has 1 aliphatic heterocycles. The lowest BCUT2D eigenvalue weighted by Gasteiger charge is -2.34. The summed E-state index contributed by atoms with van der Waals surface area (Å²) in [6, 6.07) is 8.38. The zero-order valence-electron chi connectivity index (χ0n) is 17.3. The van der Waals surface area contributed by atoms with E-state index in [2.05, 4.69) is 15.5 Å². The van der Waals surface area contributed by atoms with Gasteiger partial charge in [-0.3, -0.25) is 9.59 Å². The molecular weight excluding hydrogens is 389 g/mol. The first-order chi connectivity index (χ1) is 13.6. The van der Waals surface area contributed by atoms with Gasteiger partial charge in [0.25, 0.3) is 5.91 Å². The lowest BCUT2D eigenvalue weighted by Crippen LogP contribution is -2.47. The zero-order chi connectivity index (χ0) is 21.2. The number of amides is 2. The minimum absolute atomic E-state index is 0.00589. The molecule has 2 N–H and O–H groups in total. The predicted molar refractivity (Wildman–Crippen MR) is 116 cm³/mol. The van der Waals surface area contributed by atoms with E-state index in [0.717, 1.165) is 30.6 Å². The summed E-state index contributed by atoms with van der Waals surface area (Å²) in [6.07, 6.45) is 1.81. The molecule has 2 heterocycles. The number of carbonyl (C=O) groups excluding carboxylic acids is 2. The van der Waals surface area contributed by atoms with Crippen molar-refractivity contribution in [2.24, 2.45) is 5.41 Å². The van der Waals surface area contributed by atoms with Crippen LogP contribution >= 0.6 is 11.3 Å². The monoisotopic (exact) mass is 417 g/mol. The van der Waals surface area contributed by atoms with Crippen molar-refractivity contribution in [2.75, 3.05) is 23.3 Å². The number of piperidine rings is 1. The van der Waals surface area contributed by atoms with Crippen LogP contribution < -0.4 is 15.5 Å². The highest BCUT2D eigenvalue weighted by atomic mass is 32.1. The van der Waals surface area contributed by atoms with E-state index in [1.807, 2.05) is 39.8 Å². The Labute approximate surface area is 175 Å². The van der Waals surface area contributed by atoms with Crippen molar-refractivity contribution in [2.45, 2.75) is 46.6 Å². The lowest BCUT2D eigenvalue weighted by atomic mass is 9.96. The fraction of sp³-hybridized carbons (Fsp3) is 0.455. The van der Waals surface area contributed by atoms with Crippen LogP contribution in [0.4, 0.5) is 15.1 Å². The first kappa shape index (κ1) is 21.3. The summed E-state index contributed by atoms with van der Waals surface area (Å²) in [5, 5.41) is 6.68. The van der Waals surface area contributed by atoms with Crippen molar-refractivity contribution in [1.29, 1.82) is 0 Å². The van der Waals surface area contributed by atoms with Crippen LogP contribution in [-0.2, 0) is 4.79 Å². The van der Waals surface area contributed by atoms with Crippen LogP contribution in [-0.4, -0.2) is 30.9 Å². The van der Waals surface area contributed by atoms with Crippen LogP contribution in [0.1, 0.15) is 48.8 Å². The smallest absolute Gasteiger partial charge is 0.261 e. The van der Waals surface area contributed by atoms with Gasteiger partial charge in [-0.1, -0.05) is 26.8 Å². The second-order valence-corrected chi connectivity index (χ2v) is 9.62. The standard InChI is InChI=1S/C22H28FN3O2S/c1-14-11-18(25-21(28)22(2,3)4)29-19(14)20(27)24-16-8-6-10-26(13-16)17-9-5-7-15(23)12-17/h5,7,9,11-12,16H,6,8,10,13H2,1-4H3,(H,24,27)(H,25,28). The van der Waals surface area contributed by atoms with Gasteiger partial charge in [0.05, 0.1) is 9.88 Å². The molecule has 0 bridgehead atoms. The minimum Gasteiger partial charge on any atom is -0.369 e. The molecule has 1 fully saturated rings. The van der Waals surface area contributed by atoms with Crippen molar-refractivity contribution >= 4 is 33.8 Å². The second kappa shape index (κ2) is 8.53. The summed E-state index contributed by atoms with van der Waals surface area (Å²) in [5.41, 5.74) is 1.18. The summed E-state index contributed by atoms with van der Waals surface area (Å²) < 4.78 is 13.5. The molecular formula is C22H28FN3O2S. The van der Waals surface area contributed by atoms with E-state index < -0.39 is 5.41 Å². The molecule has 1 aliphatic rings. The highest BCUT2D eigenvalue weighted by molar-refractivity contribution is 7.18. The molecule has 1 atom stereocenters. The summed E-state index contributed by atoms with van der Waals surface area (Å²) in [6.45, 7) is 8.92. The van der Waals surface area contributed by atoms with E-state index in [9.17, 15) is 14.0 Å². The molecule has 29 heavy (non-hydrogen) atoms. The summed E-state index contributed by atoms with van der Waals surface area (Å²) >= 11 is 1.29. The van der Waals surface area contributed by atoms with Gasteiger partial charge in [-0.05, 0) is 49.6 Å². The quantitative estimate of drug-likeness (QED) is 0.766. The zero-order valence-corrected chi connectivity index (χ0v) is 18.2. The normalized spacial score (nSPS) is 17.1. The molecule has 2 amide bonds. The van der Waals surface area contributed by atoms with Gasteiger partial charge in [0.1, 0.15) is 5.82 Å². The maximum atomic E-state index is 13.5. The van der Waals surface area contributed by atoms with Gasteiger partial charge in [-0.2, -0.15) is 0 Å². The van der Waals surface area contributed by atoms with Crippen molar-refractivity contribution in [3.8, 4) is 0 Å². The Kier molecular flexibility index (Phi) is 6.27. The number of anilines is 2. The van der Waals surface area contributed by atoms with Gasteiger partial charge in [-0.25, -0.2) is 4.39 Å². The van der Waals surface area contributed by atoms with Crippen LogP contribution in [0.3, 0.4) is 0 Å². The number of nitrogens with zero attached hydrogens (tertiary/aromatic N) is 1. The maximum absolute atomic E-state index is 13.5. The average molecular weight is 418 g/mol. The second-order valence-electron chi connectivity index (χ2n) is 8.57. The average Bonchev–Trinajstić information content (AvgIpc) is 3.01. The van der Waals surface area contributed by atoms with Crippen LogP contribution in [0.2, 0.25) is 0 Å². The molecule has 156 valence electrons. The molecule has 0 saturated carbocycles. The van der Waals surface area contributed by atoms with E-state index in [1.54, 1.807) is 6.07 Å². The molecule has 3 rings (SSSR count). The summed E-state index contributed by atoms with van der Waals surface area (Å²) in [7, 11) is 0. The van der Waals surface area contributed by atoms with E-state index in [4.69, 9.17) is 0 Å². The van der Waals surface area contributed by atoms with Crippen LogP contribution in [0, 0.1) is 18.2 Å². The lowest BCUT2D eigenvalue weighted by molar-refractivity contribution is -0.123. The maximum Gasteiger partial charge on any atom is 0.261 e. The van der Waals surface area contributed by atoms with E-state index >= 15 is 0 Å². The number of aryl methyl sites for hydroxylation is 1. The topological polar surface area (TPSA) is 61.4 Å². The Morgan fingerprint density at radius 1 is 1.24 bits per heavy atom. The van der Waals surface area contributed by atoms with E-state index in [-0.39, 0.29) is 23.7 Å². The van der Waals surface area contributed by atoms with Crippen LogP contribution in [0.25, 0.3) is 0 Å². The van der Waals surface area contributed by atoms with Gasteiger partial charge in [-0.15, -0.1) is 11.3 Å². The Balaban J connectivity index is 1.65. The molecule has 2 aromatic rings. The molecule has 1 aromatic heterocycles. The summed E-state index contributed by atoms with van der Waals surface area (Å²) in [4.78, 5) is 27.7. The Bertz CT molecular complexity index is 904. The number of nitrogens with one attached hydrogen (secondary N) is 2. The number of hydrogen-bond donors (Lipinski definition) is 2. The van der Waals surface area contributed by atoms with E-state index in [0.29, 0.717) is 16.4 Å². The van der Waals surface area contributed by atoms with Gasteiger partial charge in [0.2, 0.25) is 5.91 Å². The fourth-order valence-corrected chi connectivity index (χ4v) is 4.29. The number of thiophene rings is 1. The molecule has 0 aliphatic carbocycles. The molecule has 0 spiro atoms. The van der Waals surface area contributed by atoms with Gasteiger partial charge in [0.15, 0.2) is 0 Å². The number of carbonyl (C=O) groups is 2. The van der Waals surface area contributed by atoms with Gasteiger partial charge < -0.3 is 15.5 Å². The van der Waals surface area contributed by atoms with E-state index in [1.165, 1.54) is 23.5 Å². The molecule has 1 aromatic carbocycles. The van der Waals surface area contributed by atoms with Crippen LogP contribution in [0.15, 0.2) is 30.3 Å². The Hall–Kier alpha value is -2.41. The largest absolute Gasteiger partial charge is 0.369 e. The fourth-order valence-electron chi connectivity index (χ4n) is 3.32. The first-order valence-electron chi connectivity index (χ1n) is 9.87. The molecule has 1 saturated heterocycles. The van der Waals surface area contributed by atoms with Gasteiger partial charge >= 0.3 is 0 Å². The highest BCUT2D eigenvalue weighted by Crippen LogP contribution is 2.29. The number of halogens is 1. The molecule has 7 heteroatoms.